The maximum atomic E-state index is 5.85. The zero-order chi connectivity index (χ0) is 16.4. The first-order valence-corrected chi connectivity index (χ1v) is 10.8. The SMILES string of the molecule is C[Se]C1=C2C(=C(c3ccccc3)C2/C=C/c2ccccc2)COC1. The van der Waals surface area contributed by atoms with Crippen LogP contribution in [0.15, 0.2) is 82.4 Å². The van der Waals surface area contributed by atoms with Crippen LogP contribution in [0.1, 0.15) is 11.1 Å². The van der Waals surface area contributed by atoms with Crippen molar-refractivity contribution in [1.29, 1.82) is 0 Å². The number of allylic oxidation sites excluding steroid dienone is 2. The molecule has 2 aliphatic rings. The molecule has 1 aliphatic carbocycles. The van der Waals surface area contributed by atoms with Gasteiger partial charge in [-0.15, -0.1) is 0 Å². The zero-order valence-corrected chi connectivity index (χ0v) is 15.4. The van der Waals surface area contributed by atoms with E-state index in [9.17, 15) is 0 Å². The van der Waals surface area contributed by atoms with E-state index in [1.165, 1.54) is 26.7 Å². The Morgan fingerprint density at radius 3 is 2.33 bits per heavy atom. The molecule has 0 radical (unpaired) electrons. The predicted octanol–water partition coefficient (Wildman–Crippen LogP) is 4.82. The number of hydrogen-bond donors (Lipinski definition) is 0. The standard InChI is InChI=1S/C22H20OSe/c1-24-20-15-23-14-19-21(17-10-6-3-7-11-17)18(22(19)20)13-12-16-8-4-2-5-9-16/h2-13,18H,14-15H2,1H3/b13-12+. The fourth-order valence-corrected chi connectivity index (χ4v) is 4.92. The van der Waals surface area contributed by atoms with Crippen molar-refractivity contribution in [2.75, 3.05) is 13.2 Å². The van der Waals surface area contributed by atoms with Gasteiger partial charge in [0.2, 0.25) is 0 Å². The molecule has 0 N–H and O–H groups in total. The summed E-state index contributed by atoms with van der Waals surface area (Å²) in [5, 5.41) is 0. The summed E-state index contributed by atoms with van der Waals surface area (Å²) in [5.74, 6) is 2.70. The van der Waals surface area contributed by atoms with Gasteiger partial charge >= 0.3 is 150 Å². The molecule has 2 aromatic rings. The Labute approximate surface area is 149 Å². The molecule has 1 unspecified atom stereocenters. The van der Waals surface area contributed by atoms with E-state index in [2.05, 4.69) is 78.6 Å². The summed E-state index contributed by atoms with van der Waals surface area (Å²) in [5.41, 5.74) is 7.00. The Hall–Kier alpha value is -1.86. The minimum absolute atomic E-state index is 0.406. The predicted molar refractivity (Wildman–Crippen MR) is 102 cm³/mol. The Bertz CT molecular complexity index is 816. The second-order valence-electron chi connectivity index (χ2n) is 6.04. The number of benzene rings is 2. The topological polar surface area (TPSA) is 9.23 Å². The summed E-state index contributed by atoms with van der Waals surface area (Å²) >= 11 is 0.502. The Balaban J connectivity index is 1.76. The molecule has 1 nitrogen and oxygen atoms in total. The van der Waals surface area contributed by atoms with Gasteiger partial charge in [-0.25, -0.2) is 0 Å². The van der Waals surface area contributed by atoms with Gasteiger partial charge in [0.25, 0.3) is 0 Å². The van der Waals surface area contributed by atoms with Crippen molar-refractivity contribution in [2.45, 2.75) is 5.82 Å². The van der Waals surface area contributed by atoms with E-state index in [4.69, 9.17) is 4.74 Å². The Morgan fingerprint density at radius 2 is 1.62 bits per heavy atom. The summed E-state index contributed by atoms with van der Waals surface area (Å²) < 4.78 is 7.37. The number of hydrogen-bond acceptors (Lipinski definition) is 1. The van der Waals surface area contributed by atoms with Gasteiger partial charge in [0, 0.05) is 0 Å². The Morgan fingerprint density at radius 1 is 0.917 bits per heavy atom. The van der Waals surface area contributed by atoms with Gasteiger partial charge in [-0.1, -0.05) is 0 Å². The van der Waals surface area contributed by atoms with E-state index in [1.54, 1.807) is 5.57 Å². The molecule has 0 amide bonds. The van der Waals surface area contributed by atoms with Gasteiger partial charge in [-0.05, 0) is 0 Å². The van der Waals surface area contributed by atoms with Gasteiger partial charge in [-0.2, -0.15) is 0 Å². The van der Waals surface area contributed by atoms with Crippen LogP contribution in [0.4, 0.5) is 0 Å². The van der Waals surface area contributed by atoms with Crippen LogP contribution in [-0.4, -0.2) is 28.2 Å². The normalized spacial score (nSPS) is 20.3. The maximum absolute atomic E-state index is 5.85. The molecule has 2 heteroatoms. The molecule has 0 spiro atoms. The molecule has 120 valence electrons. The molecule has 0 bridgehead atoms. The van der Waals surface area contributed by atoms with Gasteiger partial charge in [0.05, 0.1) is 0 Å². The van der Waals surface area contributed by atoms with Crippen molar-refractivity contribution < 1.29 is 4.74 Å². The number of ether oxygens (including phenoxy) is 1. The van der Waals surface area contributed by atoms with Crippen LogP contribution < -0.4 is 0 Å². The Kier molecular flexibility index (Phi) is 4.53. The molecular formula is C22H20OSe. The van der Waals surface area contributed by atoms with Crippen molar-refractivity contribution in [3.8, 4) is 0 Å². The fraction of sp³-hybridized carbons (Fsp3) is 0.182. The van der Waals surface area contributed by atoms with Crippen molar-refractivity contribution in [2.24, 2.45) is 5.92 Å². The monoisotopic (exact) mass is 380 g/mol. The fourth-order valence-electron chi connectivity index (χ4n) is 3.51. The molecule has 1 atom stereocenters. The molecule has 1 heterocycles. The summed E-state index contributed by atoms with van der Waals surface area (Å²) in [4.78, 5) is 0. The van der Waals surface area contributed by atoms with Gasteiger partial charge in [-0.3, -0.25) is 0 Å². The quantitative estimate of drug-likeness (QED) is 0.692. The van der Waals surface area contributed by atoms with Crippen LogP contribution in [0.2, 0.25) is 5.82 Å². The molecular weight excluding hydrogens is 359 g/mol. The third kappa shape index (κ3) is 2.82. The third-order valence-corrected chi connectivity index (χ3v) is 6.41. The second kappa shape index (κ2) is 6.94. The zero-order valence-electron chi connectivity index (χ0n) is 13.7. The van der Waals surface area contributed by atoms with Crippen molar-refractivity contribution >= 4 is 26.6 Å². The van der Waals surface area contributed by atoms with Crippen LogP contribution in [0, 0.1) is 5.92 Å². The molecule has 4 rings (SSSR count). The van der Waals surface area contributed by atoms with Crippen LogP contribution in [0.25, 0.3) is 11.6 Å². The third-order valence-electron chi connectivity index (χ3n) is 4.66. The minimum atomic E-state index is 0.406. The summed E-state index contributed by atoms with van der Waals surface area (Å²) in [6, 6.07) is 21.3. The molecule has 0 aromatic heterocycles. The molecule has 1 aliphatic heterocycles. The van der Waals surface area contributed by atoms with Crippen LogP contribution in [0.5, 0.6) is 0 Å². The van der Waals surface area contributed by atoms with E-state index in [0.717, 1.165) is 13.2 Å². The van der Waals surface area contributed by atoms with Crippen LogP contribution >= 0.6 is 0 Å². The average molecular weight is 379 g/mol. The average Bonchev–Trinajstić information content (AvgIpc) is 2.64. The number of fused-ring (bicyclic) bond motifs is 1. The molecule has 0 fully saturated rings. The summed E-state index contributed by atoms with van der Waals surface area (Å²) in [6.45, 7) is 1.57. The van der Waals surface area contributed by atoms with Gasteiger partial charge < -0.3 is 0 Å². The molecule has 2 aromatic carbocycles. The van der Waals surface area contributed by atoms with E-state index in [0.29, 0.717) is 20.9 Å². The van der Waals surface area contributed by atoms with E-state index in [1.807, 2.05) is 0 Å². The van der Waals surface area contributed by atoms with E-state index in [-0.39, 0.29) is 0 Å². The van der Waals surface area contributed by atoms with Crippen molar-refractivity contribution in [3.05, 3.63) is 93.5 Å². The number of rotatable bonds is 4. The van der Waals surface area contributed by atoms with Gasteiger partial charge in [0.15, 0.2) is 0 Å². The van der Waals surface area contributed by atoms with E-state index < -0.39 is 0 Å². The molecule has 0 saturated carbocycles. The van der Waals surface area contributed by atoms with Crippen molar-refractivity contribution in [3.63, 3.8) is 0 Å². The summed E-state index contributed by atoms with van der Waals surface area (Å²) in [7, 11) is 0. The first kappa shape index (κ1) is 15.7. The first-order valence-electron chi connectivity index (χ1n) is 8.25. The van der Waals surface area contributed by atoms with Crippen LogP contribution in [-0.2, 0) is 4.74 Å². The second-order valence-corrected chi connectivity index (χ2v) is 7.93. The first-order chi connectivity index (χ1) is 11.9. The van der Waals surface area contributed by atoms with E-state index >= 15 is 0 Å². The summed E-state index contributed by atoms with van der Waals surface area (Å²) in [6.07, 6.45) is 4.63. The molecule has 24 heavy (non-hydrogen) atoms. The molecule has 0 saturated heterocycles. The van der Waals surface area contributed by atoms with Crippen LogP contribution in [0.3, 0.4) is 0 Å². The van der Waals surface area contributed by atoms with Crippen molar-refractivity contribution in [1.82, 2.24) is 0 Å². The van der Waals surface area contributed by atoms with Gasteiger partial charge in [0.1, 0.15) is 0 Å².